The highest BCUT2D eigenvalue weighted by Gasteiger charge is 2.18. The molecule has 0 spiro atoms. The normalized spacial score (nSPS) is 16.9. The molecular formula is C8H16ClN2O-. The van der Waals surface area contributed by atoms with E-state index < -0.39 is 0 Å². The fraction of sp³-hybridized carbons (Fsp3) is 0.875. The maximum atomic E-state index is 11.1. The van der Waals surface area contributed by atoms with E-state index in [1.807, 2.05) is 19.0 Å². The first kappa shape index (κ1) is 11.7. The Balaban J connectivity index is 0.00000121. The molecule has 0 aromatic rings. The van der Waals surface area contributed by atoms with Crippen LogP contribution in [0.25, 0.3) is 0 Å². The zero-order valence-corrected chi connectivity index (χ0v) is 8.47. The summed E-state index contributed by atoms with van der Waals surface area (Å²) >= 11 is 0. The van der Waals surface area contributed by atoms with Crippen LogP contribution in [0.15, 0.2) is 0 Å². The lowest BCUT2D eigenvalue weighted by atomic mass is 10.4. The van der Waals surface area contributed by atoms with Crippen LogP contribution < -0.4 is 12.4 Å². The zero-order valence-electron chi connectivity index (χ0n) is 7.72. The number of carbonyl (C=O) groups is 1. The van der Waals surface area contributed by atoms with Crippen LogP contribution in [0.1, 0.15) is 12.8 Å². The minimum atomic E-state index is 0. The van der Waals surface area contributed by atoms with Gasteiger partial charge in [-0.1, -0.05) is 0 Å². The van der Waals surface area contributed by atoms with E-state index in [2.05, 4.69) is 4.90 Å². The molecule has 0 aliphatic carbocycles. The second kappa shape index (κ2) is 5.38. The molecule has 0 radical (unpaired) electrons. The number of hydrogen-bond acceptors (Lipinski definition) is 2. The third-order valence-corrected chi connectivity index (χ3v) is 1.99. The first-order valence-electron chi connectivity index (χ1n) is 4.12. The highest BCUT2D eigenvalue weighted by molar-refractivity contribution is 5.78. The Bertz CT molecular complexity index is 150. The Morgan fingerprint density at radius 2 is 2.17 bits per heavy atom. The van der Waals surface area contributed by atoms with Gasteiger partial charge in [0.05, 0.1) is 0 Å². The van der Waals surface area contributed by atoms with Crippen molar-refractivity contribution in [3.05, 3.63) is 0 Å². The van der Waals surface area contributed by atoms with Crippen molar-refractivity contribution in [2.24, 2.45) is 0 Å². The third-order valence-electron chi connectivity index (χ3n) is 1.99. The van der Waals surface area contributed by atoms with Crippen LogP contribution in [0.3, 0.4) is 0 Å². The van der Waals surface area contributed by atoms with E-state index in [9.17, 15) is 4.79 Å². The van der Waals surface area contributed by atoms with Crippen LogP contribution in [-0.4, -0.2) is 49.4 Å². The van der Waals surface area contributed by atoms with Gasteiger partial charge < -0.3 is 22.2 Å². The molecule has 1 heterocycles. The summed E-state index contributed by atoms with van der Waals surface area (Å²) in [6.45, 7) is 2.84. The Labute approximate surface area is 80.1 Å². The number of carbonyl (C=O) groups excluding carboxylic acids is 1. The van der Waals surface area contributed by atoms with Gasteiger partial charge in [0.2, 0.25) is 5.91 Å². The molecule has 0 aromatic heterocycles. The summed E-state index contributed by atoms with van der Waals surface area (Å²) in [5, 5.41) is 0. The van der Waals surface area contributed by atoms with Gasteiger partial charge >= 0.3 is 0 Å². The van der Waals surface area contributed by atoms with Crippen LogP contribution in [-0.2, 0) is 4.79 Å². The van der Waals surface area contributed by atoms with Gasteiger partial charge in [0.1, 0.15) is 0 Å². The molecule has 1 amide bonds. The lowest BCUT2D eigenvalue weighted by Gasteiger charge is -2.18. The van der Waals surface area contributed by atoms with E-state index in [-0.39, 0.29) is 12.4 Å². The van der Waals surface area contributed by atoms with Crippen LogP contribution in [0, 0.1) is 0 Å². The molecule has 4 heteroatoms. The molecule has 0 saturated carbocycles. The van der Waals surface area contributed by atoms with E-state index in [0.29, 0.717) is 5.91 Å². The maximum absolute atomic E-state index is 11.1. The Morgan fingerprint density at radius 1 is 1.50 bits per heavy atom. The van der Waals surface area contributed by atoms with Gasteiger partial charge in [-0.25, -0.2) is 0 Å². The van der Waals surface area contributed by atoms with Crippen molar-refractivity contribution in [2.75, 3.05) is 33.7 Å². The SMILES string of the molecule is CN(C)CCN1CCCC1=O.[Cl-]. The Morgan fingerprint density at radius 3 is 2.58 bits per heavy atom. The van der Waals surface area contributed by atoms with Crippen LogP contribution in [0.4, 0.5) is 0 Å². The number of nitrogens with zero attached hydrogens (tertiary/aromatic N) is 2. The first-order valence-corrected chi connectivity index (χ1v) is 4.12. The topological polar surface area (TPSA) is 23.6 Å². The molecule has 1 saturated heterocycles. The summed E-state index contributed by atoms with van der Waals surface area (Å²) in [6, 6.07) is 0. The van der Waals surface area contributed by atoms with Crippen molar-refractivity contribution in [3.63, 3.8) is 0 Å². The fourth-order valence-corrected chi connectivity index (χ4v) is 1.26. The second-order valence-corrected chi connectivity index (χ2v) is 3.29. The molecule has 1 aliphatic rings. The summed E-state index contributed by atoms with van der Waals surface area (Å²) in [5.41, 5.74) is 0. The van der Waals surface area contributed by atoms with Crippen molar-refractivity contribution in [1.29, 1.82) is 0 Å². The summed E-state index contributed by atoms with van der Waals surface area (Å²) < 4.78 is 0. The molecule has 0 N–H and O–H groups in total. The monoisotopic (exact) mass is 191 g/mol. The van der Waals surface area contributed by atoms with E-state index in [0.717, 1.165) is 32.5 Å². The highest BCUT2D eigenvalue weighted by atomic mass is 35.5. The number of amides is 1. The molecule has 12 heavy (non-hydrogen) atoms. The van der Waals surface area contributed by atoms with E-state index in [1.54, 1.807) is 0 Å². The largest absolute Gasteiger partial charge is 1.00 e. The smallest absolute Gasteiger partial charge is 0.222 e. The predicted octanol–water partition coefficient (Wildman–Crippen LogP) is -2.83. The van der Waals surface area contributed by atoms with E-state index in [4.69, 9.17) is 0 Å². The van der Waals surface area contributed by atoms with E-state index >= 15 is 0 Å². The van der Waals surface area contributed by atoms with Crippen molar-refractivity contribution in [3.8, 4) is 0 Å². The highest BCUT2D eigenvalue weighted by Crippen LogP contribution is 2.08. The summed E-state index contributed by atoms with van der Waals surface area (Å²) in [7, 11) is 4.06. The van der Waals surface area contributed by atoms with Gasteiger partial charge in [0.15, 0.2) is 0 Å². The maximum Gasteiger partial charge on any atom is 0.222 e. The summed E-state index contributed by atoms with van der Waals surface area (Å²) in [6.07, 6.45) is 1.81. The number of likely N-dealkylation sites (tertiary alicyclic amines) is 1. The quantitative estimate of drug-likeness (QED) is 0.481. The van der Waals surface area contributed by atoms with Gasteiger partial charge in [0.25, 0.3) is 0 Å². The molecule has 72 valence electrons. The number of likely N-dealkylation sites (N-methyl/N-ethyl adjacent to an activating group) is 1. The van der Waals surface area contributed by atoms with Gasteiger partial charge in [-0.2, -0.15) is 0 Å². The number of hydrogen-bond donors (Lipinski definition) is 0. The van der Waals surface area contributed by atoms with Crippen molar-refractivity contribution >= 4 is 5.91 Å². The average molecular weight is 192 g/mol. The molecule has 1 fully saturated rings. The van der Waals surface area contributed by atoms with Crippen molar-refractivity contribution in [1.82, 2.24) is 9.80 Å². The molecule has 0 aromatic carbocycles. The lowest BCUT2D eigenvalue weighted by molar-refractivity contribution is -0.127. The predicted molar refractivity (Wildman–Crippen MR) is 44.4 cm³/mol. The van der Waals surface area contributed by atoms with Crippen molar-refractivity contribution in [2.45, 2.75) is 12.8 Å². The Hall–Kier alpha value is -0.280. The number of rotatable bonds is 3. The zero-order chi connectivity index (χ0) is 8.27. The average Bonchev–Trinajstić information content (AvgIpc) is 2.31. The molecule has 0 atom stereocenters. The third kappa shape index (κ3) is 3.41. The van der Waals surface area contributed by atoms with Gasteiger partial charge in [-0.3, -0.25) is 4.79 Å². The van der Waals surface area contributed by atoms with Gasteiger partial charge in [-0.05, 0) is 20.5 Å². The minimum absolute atomic E-state index is 0. The summed E-state index contributed by atoms with van der Waals surface area (Å²) in [4.78, 5) is 15.1. The molecule has 0 bridgehead atoms. The van der Waals surface area contributed by atoms with E-state index in [1.165, 1.54) is 0 Å². The van der Waals surface area contributed by atoms with Gasteiger partial charge in [0, 0.05) is 26.1 Å². The molecule has 3 nitrogen and oxygen atoms in total. The van der Waals surface area contributed by atoms with Crippen LogP contribution in [0.2, 0.25) is 0 Å². The summed E-state index contributed by atoms with van der Waals surface area (Å²) in [5.74, 6) is 0.326. The minimum Gasteiger partial charge on any atom is -1.00 e. The Kier molecular flexibility index (Phi) is 5.25. The van der Waals surface area contributed by atoms with Crippen molar-refractivity contribution < 1.29 is 17.2 Å². The number of halogens is 1. The van der Waals surface area contributed by atoms with Gasteiger partial charge in [-0.15, -0.1) is 0 Å². The molecular weight excluding hydrogens is 176 g/mol. The molecule has 1 aliphatic heterocycles. The fourth-order valence-electron chi connectivity index (χ4n) is 1.26. The van der Waals surface area contributed by atoms with Crippen LogP contribution in [0.5, 0.6) is 0 Å². The standard InChI is InChI=1S/C8H16N2O.ClH/c1-9(2)6-7-10-5-3-4-8(10)11;/h3-7H2,1-2H3;1H/p-1. The van der Waals surface area contributed by atoms with Crippen LogP contribution >= 0.6 is 0 Å². The molecule has 1 rings (SSSR count). The lowest BCUT2D eigenvalue weighted by Crippen LogP contribution is -3.00. The second-order valence-electron chi connectivity index (χ2n) is 3.29. The molecule has 0 unspecified atom stereocenters. The first-order chi connectivity index (χ1) is 5.20.